The van der Waals surface area contributed by atoms with Crippen LogP contribution in [0.1, 0.15) is 19.4 Å². The van der Waals surface area contributed by atoms with Crippen LogP contribution in [0, 0.1) is 6.92 Å². The largest absolute Gasteiger partial charge is 0.352 e. The van der Waals surface area contributed by atoms with Gasteiger partial charge in [0.05, 0.1) is 6.54 Å². The molecule has 3 N–H and O–H groups in total. The van der Waals surface area contributed by atoms with Crippen LogP contribution in [-0.4, -0.2) is 24.5 Å². The Bertz CT molecular complexity index is 430. The number of amides is 3. The molecular weight excluding hydrogens is 230 g/mol. The third kappa shape index (κ3) is 5.34. The molecule has 0 aromatic heterocycles. The van der Waals surface area contributed by atoms with E-state index in [0.717, 1.165) is 5.56 Å². The number of carbonyl (C=O) groups is 2. The van der Waals surface area contributed by atoms with Crippen LogP contribution in [0.4, 0.5) is 10.5 Å². The Hall–Kier alpha value is -2.04. The summed E-state index contributed by atoms with van der Waals surface area (Å²) in [7, 11) is 0. The van der Waals surface area contributed by atoms with E-state index >= 15 is 0 Å². The maximum atomic E-state index is 11.5. The number of anilines is 1. The fraction of sp³-hybridized carbons (Fsp3) is 0.385. The molecule has 0 bridgehead atoms. The molecule has 0 radical (unpaired) electrons. The molecule has 0 heterocycles. The Morgan fingerprint density at radius 1 is 1.28 bits per heavy atom. The molecule has 1 rings (SSSR count). The van der Waals surface area contributed by atoms with Gasteiger partial charge in [-0.1, -0.05) is 12.1 Å². The molecule has 0 spiro atoms. The van der Waals surface area contributed by atoms with Gasteiger partial charge in [-0.2, -0.15) is 0 Å². The van der Waals surface area contributed by atoms with Crippen LogP contribution >= 0.6 is 0 Å². The highest BCUT2D eigenvalue weighted by atomic mass is 16.2. The van der Waals surface area contributed by atoms with E-state index in [9.17, 15) is 9.59 Å². The van der Waals surface area contributed by atoms with Crippen molar-refractivity contribution < 1.29 is 9.59 Å². The standard InChI is InChI=1S/C13H19N3O2/c1-9(2)15-12(17)8-14-13(18)16-11-6-4-5-10(3)7-11/h4-7,9H,8H2,1-3H3,(H,15,17)(H2,14,16,18). The number of urea groups is 1. The minimum Gasteiger partial charge on any atom is -0.352 e. The number of carbonyl (C=O) groups excluding carboxylic acids is 2. The lowest BCUT2D eigenvalue weighted by Gasteiger charge is -2.10. The number of nitrogens with one attached hydrogen (secondary N) is 3. The number of benzene rings is 1. The first-order valence-electron chi connectivity index (χ1n) is 5.88. The van der Waals surface area contributed by atoms with Crippen LogP contribution < -0.4 is 16.0 Å². The number of rotatable bonds is 4. The highest BCUT2D eigenvalue weighted by molar-refractivity contribution is 5.92. The van der Waals surface area contributed by atoms with Gasteiger partial charge in [0.15, 0.2) is 0 Å². The van der Waals surface area contributed by atoms with Gasteiger partial charge in [-0.05, 0) is 38.5 Å². The molecule has 0 aliphatic rings. The Balaban J connectivity index is 2.36. The minimum atomic E-state index is -0.389. The maximum Gasteiger partial charge on any atom is 0.319 e. The summed E-state index contributed by atoms with van der Waals surface area (Å²) in [6.45, 7) is 5.64. The van der Waals surface area contributed by atoms with Crippen molar-refractivity contribution in [1.82, 2.24) is 10.6 Å². The third-order valence-electron chi connectivity index (χ3n) is 2.14. The van der Waals surface area contributed by atoms with E-state index in [0.29, 0.717) is 5.69 Å². The lowest BCUT2D eigenvalue weighted by molar-refractivity contribution is -0.120. The molecule has 0 fully saturated rings. The number of aryl methyl sites for hydroxylation is 1. The molecule has 0 atom stereocenters. The van der Waals surface area contributed by atoms with Crippen molar-refractivity contribution in [3.8, 4) is 0 Å². The second kappa shape index (κ2) is 6.64. The molecule has 5 nitrogen and oxygen atoms in total. The Labute approximate surface area is 107 Å². The second-order valence-corrected chi connectivity index (χ2v) is 4.40. The van der Waals surface area contributed by atoms with Gasteiger partial charge in [0.1, 0.15) is 0 Å². The fourth-order valence-electron chi connectivity index (χ4n) is 1.43. The van der Waals surface area contributed by atoms with Gasteiger partial charge >= 0.3 is 6.03 Å². The summed E-state index contributed by atoms with van der Waals surface area (Å²) in [6.07, 6.45) is 0. The molecule has 0 saturated heterocycles. The summed E-state index contributed by atoms with van der Waals surface area (Å²) in [5.41, 5.74) is 1.77. The molecule has 0 saturated carbocycles. The van der Waals surface area contributed by atoms with Crippen LogP contribution in [0.25, 0.3) is 0 Å². The first kappa shape index (κ1) is 14.0. The number of hydrogen-bond acceptors (Lipinski definition) is 2. The van der Waals surface area contributed by atoms with E-state index in [1.165, 1.54) is 0 Å². The minimum absolute atomic E-state index is 0.0319. The smallest absolute Gasteiger partial charge is 0.319 e. The van der Waals surface area contributed by atoms with Crippen LogP contribution in [-0.2, 0) is 4.79 Å². The molecule has 1 aromatic rings. The van der Waals surface area contributed by atoms with Crippen LogP contribution in [0.5, 0.6) is 0 Å². The van der Waals surface area contributed by atoms with Crippen molar-refractivity contribution in [3.05, 3.63) is 29.8 Å². The van der Waals surface area contributed by atoms with Gasteiger partial charge < -0.3 is 16.0 Å². The topological polar surface area (TPSA) is 70.2 Å². The van der Waals surface area contributed by atoms with Gasteiger partial charge in [-0.15, -0.1) is 0 Å². The van der Waals surface area contributed by atoms with Gasteiger partial charge in [0.2, 0.25) is 5.91 Å². The summed E-state index contributed by atoms with van der Waals surface area (Å²) >= 11 is 0. The molecule has 0 aliphatic heterocycles. The van der Waals surface area contributed by atoms with Crippen molar-refractivity contribution in [1.29, 1.82) is 0 Å². The summed E-state index contributed by atoms with van der Waals surface area (Å²) in [5.74, 6) is -0.204. The lowest BCUT2D eigenvalue weighted by Crippen LogP contribution is -2.41. The second-order valence-electron chi connectivity index (χ2n) is 4.40. The van der Waals surface area contributed by atoms with E-state index in [1.807, 2.05) is 39.0 Å². The fourth-order valence-corrected chi connectivity index (χ4v) is 1.43. The molecule has 1 aromatic carbocycles. The predicted octanol–water partition coefficient (Wildman–Crippen LogP) is 1.64. The quantitative estimate of drug-likeness (QED) is 0.759. The maximum absolute atomic E-state index is 11.5. The normalized spacial score (nSPS) is 10.0. The Morgan fingerprint density at radius 3 is 2.61 bits per heavy atom. The zero-order valence-corrected chi connectivity index (χ0v) is 10.9. The van der Waals surface area contributed by atoms with Crippen molar-refractivity contribution in [2.75, 3.05) is 11.9 Å². The summed E-state index contributed by atoms with van der Waals surface area (Å²) in [5, 5.41) is 7.84. The van der Waals surface area contributed by atoms with Gasteiger partial charge in [-0.3, -0.25) is 4.79 Å². The average molecular weight is 249 g/mol. The van der Waals surface area contributed by atoms with E-state index in [4.69, 9.17) is 0 Å². The molecule has 98 valence electrons. The molecule has 3 amide bonds. The molecular formula is C13H19N3O2. The Kier molecular flexibility index (Phi) is 5.17. The SMILES string of the molecule is Cc1cccc(NC(=O)NCC(=O)NC(C)C)c1. The highest BCUT2D eigenvalue weighted by Gasteiger charge is 2.06. The van der Waals surface area contributed by atoms with E-state index in [1.54, 1.807) is 6.07 Å². The lowest BCUT2D eigenvalue weighted by atomic mass is 10.2. The highest BCUT2D eigenvalue weighted by Crippen LogP contribution is 2.08. The summed E-state index contributed by atoms with van der Waals surface area (Å²) < 4.78 is 0. The molecule has 0 aliphatic carbocycles. The molecule has 5 heteroatoms. The zero-order valence-electron chi connectivity index (χ0n) is 10.9. The van der Waals surface area contributed by atoms with Crippen LogP contribution in [0.15, 0.2) is 24.3 Å². The van der Waals surface area contributed by atoms with Gasteiger partial charge in [0, 0.05) is 11.7 Å². The first-order valence-corrected chi connectivity index (χ1v) is 5.88. The van der Waals surface area contributed by atoms with E-state index in [-0.39, 0.29) is 24.5 Å². The van der Waals surface area contributed by atoms with Gasteiger partial charge in [-0.25, -0.2) is 4.79 Å². The number of hydrogen-bond donors (Lipinski definition) is 3. The van der Waals surface area contributed by atoms with Crippen molar-refractivity contribution in [2.24, 2.45) is 0 Å². The summed E-state index contributed by atoms with van der Waals surface area (Å²) in [6, 6.07) is 7.13. The van der Waals surface area contributed by atoms with Crippen LogP contribution in [0.3, 0.4) is 0 Å². The third-order valence-corrected chi connectivity index (χ3v) is 2.14. The van der Waals surface area contributed by atoms with Crippen molar-refractivity contribution >= 4 is 17.6 Å². The van der Waals surface area contributed by atoms with Gasteiger partial charge in [0.25, 0.3) is 0 Å². The van der Waals surface area contributed by atoms with E-state index < -0.39 is 0 Å². The first-order chi connectivity index (χ1) is 8.47. The van der Waals surface area contributed by atoms with E-state index in [2.05, 4.69) is 16.0 Å². The van der Waals surface area contributed by atoms with Crippen molar-refractivity contribution in [3.63, 3.8) is 0 Å². The monoisotopic (exact) mass is 249 g/mol. The molecule has 18 heavy (non-hydrogen) atoms. The Morgan fingerprint density at radius 2 is 2.00 bits per heavy atom. The predicted molar refractivity (Wildman–Crippen MR) is 71.5 cm³/mol. The van der Waals surface area contributed by atoms with Crippen LogP contribution in [0.2, 0.25) is 0 Å². The van der Waals surface area contributed by atoms with Crippen molar-refractivity contribution in [2.45, 2.75) is 26.8 Å². The molecule has 0 unspecified atom stereocenters. The zero-order chi connectivity index (χ0) is 13.5. The average Bonchev–Trinajstić information content (AvgIpc) is 2.25. The summed E-state index contributed by atoms with van der Waals surface area (Å²) in [4.78, 5) is 22.8.